The Morgan fingerprint density at radius 3 is 2.26 bits per heavy atom. The molecular weight excluding hydrogens is 394 g/mol. The number of fused-ring (bicyclic) bond motifs is 1. The molecule has 0 bridgehead atoms. The van der Waals surface area contributed by atoms with E-state index in [0.29, 0.717) is 41.7 Å². The van der Waals surface area contributed by atoms with Crippen LogP contribution in [0.25, 0.3) is 5.76 Å². The van der Waals surface area contributed by atoms with Crippen LogP contribution in [-0.4, -0.2) is 22.9 Å². The van der Waals surface area contributed by atoms with Crippen molar-refractivity contribution in [2.75, 3.05) is 0 Å². The number of ketones is 2. The molecule has 3 aromatic rings. The quantitative estimate of drug-likeness (QED) is 0.283. The fourth-order valence-electron chi connectivity index (χ4n) is 3.41. The second-order valence-corrected chi connectivity index (χ2v) is 7.11. The van der Waals surface area contributed by atoms with Gasteiger partial charge in [0.15, 0.2) is 11.6 Å². The van der Waals surface area contributed by atoms with Gasteiger partial charge in [0.1, 0.15) is 17.2 Å². The summed E-state index contributed by atoms with van der Waals surface area (Å²) in [6.07, 6.45) is 2.69. The predicted molar refractivity (Wildman–Crippen MR) is 117 cm³/mol. The molecule has 0 aliphatic heterocycles. The Morgan fingerprint density at radius 2 is 1.58 bits per heavy atom. The Balaban J connectivity index is 1.80. The van der Waals surface area contributed by atoms with Gasteiger partial charge in [-0.1, -0.05) is 60.7 Å². The van der Waals surface area contributed by atoms with Crippen LogP contribution in [0, 0.1) is 0 Å². The standard InChI is InChI=1S/C25H19NO5/c27-21-12-7-13-22-18(21)14-20(25(30)31-22)26-15-19(23(28)16-8-3-1-4-9-16)24(29)17-10-5-2-6-11-17/h1-6,8-11,14-15,28H,7,12-13H2/b23-19-,26-15?. The van der Waals surface area contributed by atoms with Crippen LogP contribution in [0.1, 0.15) is 44.9 Å². The maximum atomic E-state index is 13.1. The van der Waals surface area contributed by atoms with Gasteiger partial charge in [0.25, 0.3) is 0 Å². The van der Waals surface area contributed by atoms with E-state index in [4.69, 9.17) is 4.42 Å². The molecule has 0 amide bonds. The molecule has 31 heavy (non-hydrogen) atoms. The van der Waals surface area contributed by atoms with Crippen LogP contribution in [0.3, 0.4) is 0 Å². The molecule has 1 aliphatic rings. The van der Waals surface area contributed by atoms with Gasteiger partial charge in [-0.15, -0.1) is 0 Å². The van der Waals surface area contributed by atoms with Gasteiger partial charge in [-0.3, -0.25) is 9.59 Å². The smallest absolute Gasteiger partial charge is 0.362 e. The summed E-state index contributed by atoms with van der Waals surface area (Å²) >= 11 is 0. The number of Topliss-reactive ketones (excluding diaryl/α,β-unsaturated/α-hetero) is 2. The van der Waals surface area contributed by atoms with E-state index in [1.165, 1.54) is 6.07 Å². The zero-order chi connectivity index (χ0) is 21.8. The summed E-state index contributed by atoms with van der Waals surface area (Å²) in [5.41, 5.74) is 0.245. The van der Waals surface area contributed by atoms with Crippen molar-refractivity contribution in [3.05, 3.63) is 105 Å². The number of allylic oxidation sites excluding steroid dienone is 1. The zero-order valence-electron chi connectivity index (χ0n) is 16.6. The second-order valence-electron chi connectivity index (χ2n) is 7.11. The number of aliphatic imine (C=N–C) groups is 1. The molecule has 1 heterocycles. The molecule has 0 fully saturated rings. The minimum absolute atomic E-state index is 0.0825. The van der Waals surface area contributed by atoms with Crippen molar-refractivity contribution < 1.29 is 19.1 Å². The molecule has 0 unspecified atom stereocenters. The molecule has 0 radical (unpaired) electrons. The Morgan fingerprint density at radius 1 is 0.935 bits per heavy atom. The van der Waals surface area contributed by atoms with Crippen LogP contribution in [0.15, 0.2) is 86.5 Å². The van der Waals surface area contributed by atoms with Gasteiger partial charge in [-0.2, -0.15) is 0 Å². The number of hydrogen-bond donors (Lipinski definition) is 1. The summed E-state index contributed by atoms with van der Waals surface area (Å²) in [5, 5.41) is 10.8. The normalized spacial score (nSPS) is 14.3. The molecule has 154 valence electrons. The highest BCUT2D eigenvalue weighted by Crippen LogP contribution is 2.24. The molecule has 6 heteroatoms. The SMILES string of the molecule is O=C(/C(C=Nc1cc2c(oc1=O)CCCC2=O)=C(\O)c1ccccc1)c1ccccc1. The Kier molecular flexibility index (Phi) is 5.71. The van der Waals surface area contributed by atoms with Crippen LogP contribution in [0.4, 0.5) is 5.69 Å². The van der Waals surface area contributed by atoms with E-state index in [1.54, 1.807) is 60.7 Å². The predicted octanol–water partition coefficient (Wildman–Crippen LogP) is 4.71. The Hall–Kier alpha value is -4.06. The first-order chi connectivity index (χ1) is 15.0. The van der Waals surface area contributed by atoms with E-state index in [0.717, 1.165) is 6.21 Å². The van der Waals surface area contributed by atoms with Gasteiger partial charge in [-0.25, -0.2) is 9.79 Å². The third-order valence-electron chi connectivity index (χ3n) is 5.03. The molecular formula is C25H19NO5. The van der Waals surface area contributed by atoms with Crippen LogP contribution < -0.4 is 5.63 Å². The number of rotatable bonds is 5. The summed E-state index contributed by atoms with van der Waals surface area (Å²) in [4.78, 5) is 41.7. The highest BCUT2D eigenvalue weighted by molar-refractivity contribution is 6.25. The largest absolute Gasteiger partial charge is 0.506 e. The minimum Gasteiger partial charge on any atom is -0.506 e. The Labute approximate surface area is 178 Å². The van der Waals surface area contributed by atoms with E-state index in [2.05, 4.69) is 4.99 Å². The van der Waals surface area contributed by atoms with Crippen molar-refractivity contribution in [3.8, 4) is 0 Å². The lowest BCUT2D eigenvalue weighted by molar-refractivity contribution is 0.0965. The lowest BCUT2D eigenvalue weighted by Gasteiger charge is -2.12. The van der Waals surface area contributed by atoms with Gasteiger partial charge >= 0.3 is 5.63 Å². The van der Waals surface area contributed by atoms with E-state index < -0.39 is 11.4 Å². The molecule has 0 saturated carbocycles. The van der Waals surface area contributed by atoms with E-state index in [-0.39, 0.29) is 22.8 Å². The van der Waals surface area contributed by atoms with Crippen LogP contribution in [-0.2, 0) is 6.42 Å². The van der Waals surface area contributed by atoms with Gasteiger partial charge in [0.05, 0.1) is 11.1 Å². The second kappa shape index (κ2) is 8.75. The molecule has 0 saturated heterocycles. The molecule has 2 aromatic carbocycles. The van der Waals surface area contributed by atoms with Crippen molar-refractivity contribution in [1.82, 2.24) is 0 Å². The molecule has 4 rings (SSSR count). The van der Waals surface area contributed by atoms with Gasteiger partial charge < -0.3 is 9.52 Å². The number of aliphatic hydroxyl groups excluding tert-OH is 1. The number of nitrogens with zero attached hydrogens (tertiary/aromatic N) is 1. The summed E-state index contributed by atoms with van der Waals surface area (Å²) in [6.45, 7) is 0. The molecule has 1 N–H and O–H groups in total. The summed E-state index contributed by atoms with van der Waals surface area (Å²) in [6, 6.07) is 18.4. The van der Waals surface area contributed by atoms with Gasteiger partial charge in [-0.05, 0) is 12.5 Å². The van der Waals surface area contributed by atoms with Crippen LogP contribution in [0.5, 0.6) is 0 Å². The number of hydrogen-bond acceptors (Lipinski definition) is 6. The highest BCUT2D eigenvalue weighted by atomic mass is 16.4. The van der Waals surface area contributed by atoms with Crippen LogP contribution in [0.2, 0.25) is 0 Å². The first kappa shape index (κ1) is 20.2. The number of benzene rings is 2. The first-order valence-corrected chi connectivity index (χ1v) is 9.87. The lowest BCUT2D eigenvalue weighted by atomic mass is 9.96. The molecule has 1 aromatic heterocycles. The number of carbonyl (C=O) groups is 2. The fourth-order valence-corrected chi connectivity index (χ4v) is 3.41. The van der Waals surface area contributed by atoms with Crippen molar-refractivity contribution in [2.24, 2.45) is 4.99 Å². The maximum Gasteiger partial charge on any atom is 0.362 e. The van der Waals surface area contributed by atoms with E-state index in [9.17, 15) is 19.5 Å². The van der Waals surface area contributed by atoms with Crippen LogP contribution >= 0.6 is 0 Å². The van der Waals surface area contributed by atoms with Gasteiger partial charge in [0.2, 0.25) is 0 Å². The van der Waals surface area contributed by atoms with Crippen molar-refractivity contribution in [2.45, 2.75) is 19.3 Å². The lowest BCUT2D eigenvalue weighted by Crippen LogP contribution is -2.14. The summed E-state index contributed by atoms with van der Waals surface area (Å²) in [7, 11) is 0. The third-order valence-corrected chi connectivity index (χ3v) is 5.03. The van der Waals surface area contributed by atoms with Gasteiger partial charge in [0, 0.05) is 30.2 Å². The van der Waals surface area contributed by atoms with E-state index >= 15 is 0 Å². The number of carbonyl (C=O) groups excluding carboxylic acids is 2. The summed E-state index contributed by atoms with van der Waals surface area (Å²) < 4.78 is 5.27. The number of aliphatic hydroxyl groups is 1. The molecule has 0 atom stereocenters. The minimum atomic E-state index is -0.699. The van der Waals surface area contributed by atoms with E-state index in [1.807, 2.05) is 0 Å². The molecule has 1 aliphatic carbocycles. The third kappa shape index (κ3) is 4.28. The average molecular weight is 413 g/mol. The topological polar surface area (TPSA) is 96.9 Å². The molecule has 6 nitrogen and oxygen atoms in total. The zero-order valence-corrected chi connectivity index (χ0v) is 16.6. The number of aryl methyl sites for hydroxylation is 1. The highest BCUT2D eigenvalue weighted by Gasteiger charge is 2.22. The van der Waals surface area contributed by atoms with Crippen molar-refractivity contribution in [3.63, 3.8) is 0 Å². The molecule has 0 spiro atoms. The summed E-state index contributed by atoms with van der Waals surface area (Å²) in [5.74, 6) is -0.464. The monoisotopic (exact) mass is 413 g/mol. The average Bonchev–Trinajstić information content (AvgIpc) is 2.80. The maximum absolute atomic E-state index is 13.1. The van der Waals surface area contributed by atoms with Crippen molar-refractivity contribution in [1.29, 1.82) is 0 Å². The fraction of sp³-hybridized carbons (Fsp3) is 0.120. The first-order valence-electron chi connectivity index (χ1n) is 9.87. The Bertz CT molecular complexity index is 1250. The van der Waals surface area contributed by atoms with Crippen molar-refractivity contribution >= 4 is 29.2 Å².